The number of carbonyl (C=O) groups is 1. The summed E-state index contributed by atoms with van der Waals surface area (Å²) in [5.74, 6) is -0.166. The van der Waals surface area contributed by atoms with Gasteiger partial charge in [0.15, 0.2) is 0 Å². The van der Waals surface area contributed by atoms with E-state index in [9.17, 15) is 18.0 Å². The maximum absolute atomic E-state index is 12.5. The Morgan fingerprint density at radius 2 is 1.83 bits per heavy atom. The van der Waals surface area contributed by atoms with Gasteiger partial charge in [0, 0.05) is 18.7 Å². The van der Waals surface area contributed by atoms with Gasteiger partial charge in [0.2, 0.25) is 5.91 Å². The molecule has 2 N–H and O–H groups in total. The molecule has 0 aliphatic carbocycles. The van der Waals surface area contributed by atoms with Gasteiger partial charge in [0.1, 0.15) is 6.04 Å². The monoisotopic (exact) mass is 320 g/mol. The van der Waals surface area contributed by atoms with E-state index in [1.54, 1.807) is 0 Å². The maximum atomic E-state index is 12.5. The molecule has 0 aromatic heterocycles. The zero-order valence-corrected chi connectivity index (χ0v) is 12.2. The molecule has 0 spiro atoms. The molecule has 3 nitrogen and oxygen atoms in total. The highest BCUT2D eigenvalue weighted by molar-refractivity contribution is 5.87. The molecule has 3 rings (SSSR count). The number of amides is 1. The Labute approximate surface area is 131 Å². The van der Waals surface area contributed by atoms with Crippen LogP contribution in [0.25, 0.3) is 0 Å². The summed E-state index contributed by atoms with van der Waals surface area (Å²) in [6.45, 7) is 0.200. The van der Waals surface area contributed by atoms with Gasteiger partial charge in [-0.25, -0.2) is 0 Å². The lowest BCUT2D eigenvalue weighted by Crippen LogP contribution is -2.38. The van der Waals surface area contributed by atoms with Gasteiger partial charge in [0.05, 0.1) is 5.56 Å². The van der Waals surface area contributed by atoms with E-state index < -0.39 is 11.7 Å². The highest BCUT2D eigenvalue weighted by Gasteiger charge is 2.30. The van der Waals surface area contributed by atoms with E-state index in [2.05, 4.69) is 10.6 Å². The van der Waals surface area contributed by atoms with Crippen molar-refractivity contribution in [2.75, 3.05) is 5.32 Å². The van der Waals surface area contributed by atoms with Crippen molar-refractivity contribution in [2.24, 2.45) is 0 Å². The number of alkyl halides is 3. The van der Waals surface area contributed by atoms with E-state index in [4.69, 9.17) is 0 Å². The van der Waals surface area contributed by atoms with Crippen molar-refractivity contribution in [3.05, 3.63) is 65.2 Å². The predicted molar refractivity (Wildman–Crippen MR) is 80.8 cm³/mol. The van der Waals surface area contributed by atoms with Crippen molar-refractivity contribution in [2.45, 2.75) is 25.2 Å². The lowest BCUT2D eigenvalue weighted by molar-refractivity contribution is -0.137. The first-order valence-electron chi connectivity index (χ1n) is 7.22. The summed E-state index contributed by atoms with van der Waals surface area (Å²) in [6.07, 6.45) is -3.74. The largest absolute Gasteiger partial charge is 0.416 e. The van der Waals surface area contributed by atoms with Crippen LogP contribution >= 0.6 is 0 Å². The zero-order chi connectivity index (χ0) is 16.4. The van der Waals surface area contributed by atoms with Gasteiger partial charge in [-0.05, 0) is 29.3 Å². The first-order valence-corrected chi connectivity index (χ1v) is 7.22. The molecule has 0 saturated heterocycles. The number of hydrogen-bond acceptors (Lipinski definition) is 2. The van der Waals surface area contributed by atoms with E-state index in [-0.39, 0.29) is 18.5 Å². The SMILES string of the molecule is O=C(NCc1ccc(C(F)(F)F)cc1)[C@@H]1Cc2ccccc2N1. The van der Waals surface area contributed by atoms with Gasteiger partial charge < -0.3 is 10.6 Å². The third kappa shape index (κ3) is 3.47. The summed E-state index contributed by atoms with van der Waals surface area (Å²) < 4.78 is 37.5. The second-order valence-corrected chi connectivity index (χ2v) is 5.47. The van der Waals surface area contributed by atoms with Crippen molar-refractivity contribution in [3.8, 4) is 0 Å². The average molecular weight is 320 g/mol. The number of anilines is 1. The Morgan fingerprint density at radius 1 is 1.13 bits per heavy atom. The Morgan fingerprint density at radius 3 is 2.48 bits per heavy atom. The van der Waals surface area contributed by atoms with Crippen LogP contribution in [0.5, 0.6) is 0 Å². The molecule has 1 aliphatic rings. The van der Waals surface area contributed by atoms with Gasteiger partial charge in [-0.3, -0.25) is 4.79 Å². The molecule has 0 fully saturated rings. The second kappa shape index (κ2) is 5.95. The fourth-order valence-electron chi connectivity index (χ4n) is 2.58. The standard InChI is InChI=1S/C17H15F3N2O/c18-17(19,20)13-7-5-11(6-8-13)10-21-16(23)15-9-12-3-1-2-4-14(12)22-15/h1-8,15,22H,9-10H2,(H,21,23)/t15-/m0/s1. The second-order valence-electron chi connectivity index (χ2n) is 5.47. The minimum atomic E-state index is -4.35. The van der Waals surface area contributed by atoms with Gasteiger partial charge in [-0.15, -0.1) is 0 Å². The Balaban J connectivity index is 1.56. The van der Waals surface area contributed by atoms with E-state index in [0.717, 1.165) is 23.4 Å². The predicted octanol–water partition coefficient (Wildman–Crippen LogP) is 3.36. The highest BCUT2D eigenvalue weighted by atomic mass is 19.4. The molecule has 0 unspecified atom stereocenters. The third-order valence-corrected chi connectivity index (χ3v) is 3.84. The van der Waals surface area contributed by atoms with Crippen LogP contribution in [-0.2, 0) is 23.9 Å². The van der Waals surface area contributed by atoms with Crippen LogP contribution in [0.1, 0.15) is 16.7 Å². The van der Waals surface area contributed by atoms with Crippen LogP contribution < -0.4 is 10.6 Å². The van der Waals surface area contributed by atoms with Crippen molar-refractivity contribution in [1.82, 2.24) is 5.32 Å². The van der Waals surface area contributed by atoms with Crippen LogP contribution in [0.4, 0.5) is 18.9 Å². The molecule has 1 atom stereocenters. The van der Waals surface area contributed by atoms with Crippen molar-refractivity contribution < 1.29 is 18.0 Å². The smallest absolute Gasteiger partial charge is 0.373 e. The van der Waals surface area contributed by atoms with Crippen molar-refractivity contribution >= 4 is 11.6 Å². The fourth-order valence-corrected chi connectivity index (χ4v) is 2.58. The Hall–Kier alpha value is -2.50. The molecule has 2 aromatic carbocycles. The lowest BCUT2D eigenvalue weighted by Gasteiger charge is -2.12. The van der Waals surface area contributed by atoms with Crippen LogP contribution in [0.2, 0.25) is 0 Å². The van der Waals surface area contributed by atoms with E-state index in [0.29, 0.717) is 12.0 Å². The number of nitrogens with one attached hydrogen (secondary N) is 2. The van der Waals surface area contributed by atoms with Crippen LogP contribution in [0, 0.1) is 0 Å². The normalized spacial score (nSPS) is 16.6. The summed E-state index contributed by atoms with van der Waals surface area (Å²) >= 11 is 0. The number of para-hydroxylation sites is 1. The van der Waals surface area contributed by atoms with Crippen molar-refractivity contribution in [3.63, 3.8) is 0 Å². The quantitative estimate of drug-likeness (QED) is 0.910. The van der Waals surface area contributed by atoms with Gasteiger partial charge in [0.25, 0.3) is 0 Å². The molecular weight excluding hydrogens is 305 g/mol. The zero-order valence-electron chi connectivity index (χ0n) is 12.2. The highest BCUT2D eigenvalue weighted by Crippen LogP contribution is 2.29. The molecule has 1 amide bonds. The molecule has 2 aromatic rings. The summed E-state index contributed by atoms with van der Waals surface area (Å²) in [4.78, 5) is 12.2. The summed E-state index contributed by atoms with van der Waals surface area (Å²) in [7, 11) is 0. The molecule has 0 saturated carbocycles. The first-order chi connectivity index (χ1) is 10.9. The molecule has 0 radical (unpaired) electrons. The number of carbonyl (C=O) groups excluding carboxylic acids is 1. The fraction of sp³-hybridized carbons (Fsp3) is 0.235. The molecule has 6 heteroatoms. The number of rotatable bonds is 3. The maximum Gasteiger partial charge on any atom is 0.416 e. The first kappa shape index (κ1) is 15.4. The molecular formula is C17H15F3N2O. The van der Waals surface area contributed by atoms with Gasteiger partial charge in [-0.1, -0.05) is 30.3 Å². The summed E-state index contributed by atoms with van der Waals surface area (Å²) in [5, 5.41) is 5.89. The topological polar surface area (TPSA) is 41.1 Å². The molecule has 120 valence electrons. The molecule has 0 bridgehead atoms. The molecule has 1 heterocycles. The van der Waals surface area contributed by atoms with Crippen molar-refractivity contribution in [1.29, 1.82) is 0 Å². The number of halogens is 3. The minimum Gasteiger partial charge on any atom is -0.373 e. The van der Waals surface area contributed by atoms with E-state index >= 15 is 0 Å². The summed E-state index contributed by atoms with van der Waals surface area (Å²) in [5.41, 5.74) is 1.96. The molecule has 23 heavy (non-hydrogen) atoms. The van der Waals surface area contributed by atoms with E-state index in [1.165, 1.54) is 12.1 Å². The van der Waals surface area contributed by atoms with E-state index in [1.807, 2.05) is 24.3 Å². The van der Waals surface area contributed by atoms with Crippen LogP contribution in [0.3, 0.4) is 0 Å². The lowest BCUT2D eigenvalue weighted by atomic mass is 10.1. The number of hydrogen-bond donors (Lipinski definition) is 2. The van der Waals surface area contributed by atoms with Crippen LogP contribution in [0.15, 0.2) is 48.5 Å². The molecule has 1 aliphatic heterocycles. The Kier molecular flexibility index (Phi) is 3.98. The summed E-state index contributed by atoms with van der Waals surface area (Å²) in [6, 6.07) is 12.1. The number of benzene rings is 2. The Bertz CT molecular complexity index is 686. The van der Waals surface area contributed by atoms with Gasteiger partial charge >= 0.3 is 6.18 Å². The third-order valence-electron chi connectivity index (χ3n) is 3.84. The minimum absolute atomic E-state index is 0.166. The van der Waals surface area contributed by atoms with Gasteiger partial charge in [-0.2, -0.15) is 13.2 Å². The number of fused-ring (bicyclic) bond motifs is 1. The van der Waals surface area contributed by atoms with Crippen LogP contribution in [-0.4, -0.2) is 11.9 Å². The average Bonchev–Trinajstić information content (AvgIpc) is 2.96.